The lowest BCUT2D eigenvalue weighted by atomic mass is 10.0. The molecule has 7 nitrogen and oxygen atoms in total. The maximum Gasteiger partial charge on any atom is 0.273 e. The Morgan fingerprint density at radius 3 is 2.39 bits per heavy atom. The van der Waals surface area contributed by atoms with Crippen LogP contribution in [0.2, 0.25) is 0 Å². The van der Waals surface area contributed by atoms with Gasteiger partial charge in [-0.25, -0.2) is 0 Å². The van der Waals surface area contributed by atoms with E-state index in [-0.39, 0.29) is 29.5 Å². The number of carbonyl (C=O) groups is 2. The minimum absolute atomic E-state index is 0.0130. The van der Waals surface area contributed by atoms with Crippen molar-refractivity contribution in [1.29, 1.82) is 0 Å². The van der Waals surface area contributed by atoms with Crippen molar-refractivity contribution in [1.82, 2.24) is 9.99 Å². The van der Waals surface area contributed by atoms with Gasteiger partial charge in [0.25, 0.3) is 5.91 Å². The largest absolute Gasteiger partial charge is 0.482 e. The Labute approximate surface area is 193 Å². The van der Waals surface area contributed by atoms with E-state index in [0.29, 0.717) is 6.42 Å². The number of amides is 1. The van der Waals surface area contributed by atoms with E-state index < -0.39 is 5.91 Å². The van der Waals surface area contributed by atoms with Gasteiger partial charge in [0, 0.05) is 25.7 Å². The first kappa shape index (κ1) is 23.8. The molecular weight excluding hydrogens is 418 g/mol. The number of nitrogens with one attached hydrogen (secondary N) is 2. The molecule has 0 saturated heterocycles. The van der Waals surface area contributed by atoms with Crippen LogP contribution in [0.25, 0.3) is 0 Å². The van der Waals surface area contributed by atoms with Crippen LogP contribution < -0.4 is 20.9 Å². The molecule has 1 aromatic heterocycles. The second-order valence-electron chi connectivity index (χ2n) is 7.62. The third-order valence-corrected chi connectivity index (χ3v) is 5.28. The van der Waals surface area contributed by atoms with Gasteiger partial charge in [-0.05, 0) is 24.0 Å². The van der Waals surface area contributed by atoms with Gasteiger partial charge in [-0.1, -0.05) is 67.1 Å². The van der Waals surface area contributed by atoms with Crippen molar-refractivity contribution in [3.8, 4) is 5.75 Å². The summed E-state index contributed by atoms with van der Waals surface area (Å²) in [6.45, 7) is 0.165. The smallest absolute Gasteiger partial charge is 0.273 e. The maximum atomic E-state index is 12.8. The van der Waals surface area contributed by atoms with E-state index in [0.717, 1.165) is 36.7 Å². The summed E-state index contributed by atoms with van der Waals surface area (Å²) in [6, 6.07) is 20.6. The first-order valence-electron chi connectivity index (χ1n) is 11.0. The van der Waals surface area contributed by atoms with Crippen LogP contribution in [0.15, 0.2) is 77.7 Å². The summed E-state index contributed by atoms with van der Waals surface area (Å²) in [5.74, 6) is -0.447. The highest BCUT2D eigenvalue weighted by Gasteiger charge is 2.22. The van der Waals surface area contributed by atoms with Gasteiger partial charge >= 0.3 is 0 Å². The molecule has 0 aliphatic rings. The predicted octanol–water partition coefficient (Wildman–Crippen LogP) is 3.83. The number of hydrogen-bond donors (Lipinski definition) is 2. The maximum absolute atomic E-state index is 12.8. The molecule has 1 unspecified atom stereocenters. The van der Waals surface area contributed by atoms with E-state index in [9.17, 15) is 14.4 Å². The molecule has 0 fully saturated rings. The molecule has 3 rings (SSSR count). The summed E-state index contributed by atoms with van der Waals surface area (Å²) in [6.07, 6.45) is 5.35. The summed E-state index contributed by atoms with van der Waals surface area (Å²) in [7, 11) is 1.51. The summed E-state index contributed by atoms with van der Waals surface area (Å²) in [5, 5.41) is 2.60. The Kier molecular flexibility index (Phi) is 8.82. The van der Waals surface area contributed by atoms with Crippen LogP contribution >= 0.6 is 0 Å². The lowest BCUT2D eigenvalue weighted by molar-refractivity contribution is -0.107. The summed E-state index contributed by atoms with van der Waals surface area (Å²) < 4.78 is 7.40. The SMILES string of the molecule is CNC(=O)c1c(OCc2ccccc2)c(=O)ccn1NC(CCCCC=O)c1ccccc1. The van der Waals surface area contributed by atoms with E-state index in [1.807, 2.05) is 60.7 Å². The standard InChI is InChI=1S/C26H29N3O4/c1-27-26(32)24-25(33-19-20-11-5-2-6-12-20)23(31)16-17-29(24)28-22(15-9-4-10-18-30)21-13-7-3-8-14-21/h2-3,5-8,11-14,16-18,22,28H,4,9-10,15,19H2,1H3,(H,27,32). The zero-order valence-electron chi connectivity index (χ0n) is 18.7. The van der Waals surface area contributed by atoms with Crippen molar-refractivity contribution in [2.24, 2.45) is 0 Å². The number of rotatable bonds is 12. The quantitative estimate of drug-likeness (QED) is 0.325. The van der Waals surface area contributed by atoms with Crippen molar-refractivity contribution < 1.29 is 14.3 Å². The van der Waals surface area contributed by atoms with Crippen molar-refractivity contribution in [3.05, 3.63) is 100.0 Å². The van der Waals surface area contributed by atoms with Gasteiger partial charge in [-0.2, -0.15) is 0 Å². The Morgan fingerprint density at radius 1 is 1.03 bits per heavy atom. The molecule has 0 aliphatic heterocycles. The first-order valence-corrected chi connectivity index (χ1v) is 11.0. The van der Waals surface area contributed by atoms with Crippen molar-refractivity contribution in [2.45, 2.75) is 38.3 Å². The van der Waals surface area contributed by atoms with Gasteiger partial charge in [0.15, 0.2) is 11.4 Å². The Balaban J connectivity index is 1.92. The fourth-order valence-corrected chi connectivity index (χ4v) is 3.56. The van der Waals surface area contributed by atoms with Crippen LogP contribution in [0.3, 0.4) is 0 Å². The van der Waals surface area contributed by atoms with Crippen LogP contribution in [0.4, 0.5) is 0 Å². The Bertz CT molecular complexity index is 1100. The van der Waals surface area contributed by atoms with E-state index in [4.69, 9.17) is 4.74 Å². The average molecular weight is 448 g/mol. The summed E-state index contributed by atoms with van der Waals surface area (Å²) in [4.78, 5) is 36.1. The molecule has 1 atom stereocenters. The molecule has 7 heteroatoms. The number of aldehydes is 1. The number of benzene rings is 2. The van der Waals surface area contributed by atoms with Gasteiger partial charge in [0.2, 0.25) is 5.43 Å². The molecular formula is C26H29N3O4. The second kappa shape index (κ2) is 12.2. The molecule has 172 valence electrons. The van der Waals surface area contributed by atoms with Gasteiger partial charge in [-0.3, -0.25) is 14.3 Å². The number of pyridine rings is 1. The molecule has 1 heterocycles. The molecule has 0 aliphatic carbocycles. The first-order chi connectivity index (χ1) is 16.1. The number of hydrogen-bond acceptors (Lipinski definition) is 5. The van der Waals surface area contributed by atoms with Crippen LogP contribution in [0.5, 0.6) is 5.75 Å². The molecule has 3 aromatic rings. The highest BCUT2D eigenvalue weighted by Crippen LogP contribution is 2.23. The number of unbranched alkanes of at least 4 members (excludes halogenated alkanes) is 2. The van der Waals surface area contributed by atoms with E-state index >= 15 is 0 Å². The number of aromatic nitrogens is 1. The van der Waals surface area contributed by atoms with Gasteiger partial charge in [0.1, 0.15) is 12.9 Å². The van der Waals surface area contributed by atoms with Crippen molar-refractivity contribution >= 4 is 12.2 Å². The van der Waals surface area contributed by atoms with E-state index in [1.165, 1.54) is 13.1 Å². The van der Waals surface area contributed by atoms with Crippen LogP contribution in [-0.4, -0.2) is 23.9 Å². The molecule has 0 spiro atoms. The third kappa shape index (κ3) is 6.55. The predicted molar refractivity (Wildman–Crippen MR) is 128 cm³/mol. The average Bonchev–Trinajstić information content (AvgIpc) is 2.86. The lowest BCUT2D eigenvalue weighted by Gasteiger charge is -2.25. The van der Waals surface area contributed by atoms with E-state index in [1.54, 1.807) is 10.9 Å². The van der Waals surface area contributed by atoms with Crippen LogP contribution in [-0.2, 0) is 11.4 Å². The number of carbonyl (C=O) groups excluding carboxylic acids is 2. The van der Waals surface area contributed by atoms with E-state index in [2.05, 4.69) is 10.7 Å². The lowest BCUT2D eigenvalue weighted by Crippen LogP contribution is -2.32. The summed E-state index contributed by atoms with van der Waals surface area (Å²) in [5.41, 5.74) is 5.03. The minimum Gasteiger partial charge on any atom is -0.482 e. The zero-order valence-corrected chi connectivity index (χ0v) is 18.7. The fourth-order valence-electron chi connectivity index (χ4n) is 3.56. The molecule has 2 N–H and O–H groups in total. The molecule has 2 aromatic carbocycles. The molecule has 33 heavy (non-hydrogen) atoms. The van der Waals surface area contributed by atoms with Gasteiger partial charge < -0.3 is 20.3 Å². The summed E-state index contributed by atoms with van der Waals surface area (Å²) >= 11 is 0. The monoisotopic (exact) mass is 447 g/mol. The molecule has 1 amide bonds. The number of nitrogens with zero attached hydrogens (tertiary/aromatic N) is 1. The molecule has 0 radical (unpaired) electrons. The molecule has 0 saturated carbocycles. The topological polar surface area (TPSA) is 89.4 Å². The van der Waals surface area contributed by atoms with Crippen LogP contribution in [0, 0.1) is 0 Å². The van der Waals surface area contributed by atoms with Gasteiger partial charge in [-0.15, -0.1) is 0 Å². The highest BCUT2D eigenvalue weighted by molar-refractivity contribution is 5.95. The normalized spacial score (nSPS) is 11.4. The third-order valence-electron chi connectivity index (χ3n) is 5.28. The molecule has 0 bridgehead atoms. The Morgan fingerprint density at radius 2 is 1.73 bits per heavy atom. The van der Waals surface area contributed by atoms with Crippen LogP contribution in [0.1, 0.15) is 53.3 Å². The van der Waals surface area contributed by atoms with Crippen molar-refractivity contribution in [3.63, 3.8) is 0 Å². The Hall–Kier alpha value is -3.87. The minimum atomic E-state index is -0.434. The fraction of sp³-hybridized carbons (Fsp3) is 0.269. The second-order valence-corrected chi connectivity index (χ2v) is 7.62. The highest BCUT2D eigenvalue weighted by atomic mass is 16.5. The van der Waals surface area contributed by atoms with Gasteiger partial charge in [0.05, 0.1) is 6.04 Å². The van der Waals surface area contributed by atoms with Crippen molar-refractivity contribution in [2.75, 3.05) is 12.5 Å². The zero-order chi connectivity index (χ0) is 23.5. The number of ether oxygens (including phenoxy) is 1.